The summed E-state index contributed by atoms with van der Waals surface area (Å²) in [5, 5.41) is 3.06. The van der Waals surface area contributed by atoms with Gasteiger partial charge in [-0.25, -0.2) is 8.42 Å². The third-order valence-electron chi connectivity index (χ3n) is 6.57. The smallest absolute Gasteiger partial charge is 0.243 e. The van der Waals surface area contributed by atoms with E-state index in [0.29, 0.717) is 69.3 Å². The van der Waals surface area contributed by atoms with E-state index in [-0.39, 0.29) is 16.7 Å². The molecule has 2 fully saturated rings. The number of likely N-dealkylation sites (N-methyl/N-ethyl adjacent to an activating group) is 1. The molecule has 1 N–H and O–H groups in total. The molecule has 0 aromatic heterocycles. The largest absolute Gasteiger partial charge is 0.490 e. The number of carbonyl (C=O) groups is 1. The van der Waals surface area contributed by atoms with Gasteiger partial charge in [0.05, 0.1) is 18.1 Å². The Morgan fingerprint density at radius 1 is 1.16 bits per heavy atom. The van der Waals surface area contributed by atoms with Gasteiger partial charge in [-0.1, -0.05) is 0 Å². The molecule has 1 aliphatic carbocycles. The number of sulfonamides is 1. The van der Waals surface area contributed by atoms with Gasteiger partial charge in [0.1, 0.15) is 0 Å². The number of carbonyl (C=O) groups excluding carboxylic acids is 1. The number of piperidine rings is 1. The molecule has 4 rings (SSSR count). The predicted molar refractivity (Wildman–Crippen MR) is 117 cm³/mol. The first-order valence-electron chi connectivity index (χ1n) is 11.3. The van der Waals surface area contributed by atoms with Crippen LogP contribution < -0.4 is 14.8 Å². The fourth-order valence-electron chi connectivity index (χ4n) is 4.19. The first-order valence-corrected chi connectivity index (χ1v) is 12.7. The monoisotopic (exact) mass is 451 g/mol. The summed E-state index contributed by atoms with van der Waals surface area (Å²) in [6.45, 7) is 4.50. The Balaban J connectivity index is 1.31. The van der Waals surface area contributed by atoms with E-state index in [0.717, 1.165) is 6.42 Å². The molecule has 1 aromatic rings. The summed E-state index contributed by atoms with van der Waals surface area (Å²) in [6.07, 6.45) is 4.31. The van der Waals surface area contributed by atoms with Crippen LogP contribution in [0, 0.1) is 5.92 Å². The minimum atomic E-state index is -3.64. The second kappa shape index (κ2) is 9.34. The Morgan fingerprint density at radius 3 is 2.52 bits per heavy atom. The van der Waals surface area contributed by atoms with Gasteiger partial charge >= 0.3 is 0 Å². The number of benzene rings is 1. The van der Waals surface area contributed by atoms with Crippen LogP contribution in [0.2, 0.25) is 0 Å². The highest BCUT2D eigenvalue weighted by Gasteiger charge is 2.33. The molecule has 1 atom stereocenters. The zero-order valence-corrected chi connectivity index (χ0v) is 19.2. The zero-order chi connectivity index (χ0) is 22.0. The maximum atomic E-state index is 13.1. The van der Waals surface area contributed by atoms with Gasteiger partial charge in [0.25, 0.3) is 0 Å². The second-order valence-corrected chi connectivity index (χ2v) is 10.8. The maximum Gasteiger partial charge on any atom is 0.243 e. The fraction of sp³-hybridized carbons (Fsp3) is 0.682. The SMILES string of the molecule is CC(CNC(=O)C1CCN(S(=O)(=O)c2ccc3c(c2)OCCCO3)CC1)N(C)C1CC1. The molecule has 9 heteroatoms. The zero-order valence-electron chi connectivity index (χ0n) is 18.4. The summed E-state index contributed by atoms with van der Waals surface area (Å²) in [7, 11) is -1.53. The molecule has 31 heavy (non-hydrogen) atoms. The molecule has 1 amide bonds. The molecule has 2 aliphatic heterocycles. The van der Waals surface area contributed by atoms with Gasteiger partial charge < -0.3 is 14.8 Å². The van der Waals surface area contributed by atoms with Crippen molar-refractivity contribution >= 4 is 15.9 Å². The fourth-order valence-corrected chi connectivity index (χ4v) is 5.68. The quantitative estimate of drug-likeness (QED) is 0.681. The van der Waals surface area contributed by atoms with Crippen molar-refractivity contribution < 1.29 is 22.7 Å². The van der Waals surface area contributed by atoms with Crippen LogP contribution in [0.25, 0.3) is 0 Å². The van der Waals surface area contributed by atoms with Crippen molar-refractivity contribution in [1.29, 1.82) is 0 Å². The van der Waals surface area contributed by atoms with Gasteiger partial charge in [0.2, 0.25) is 15.9 Å². The van der Waals surface area contributed by atoms with Gasteiger partial charge in [-0.05, 0) is 51.8 Å². The predicted octanol–water partition coefficient (Wildman–Crippen LogP) is 1.85. The molecular formula is C22H33N3O5S. The van der Waals surface area contributed by atoms with Crippen LogP contribution in [0.15, 0.2) is 23.1 Å². The Morgan fingerprint density at radius 2 is 1.84 bits per heavy atom. The summed E-state index contributed by atoms with van der Waals surface area (Å²) in [5.41, 5.74) is 0. The van der Waals surface area contributed by atoms with Crippen molar-refractivity contribution in [1.82, 2.24) is 14.5 Å². The molecule has 172 valence electrons. The molecular weight excluding hydrogens is 418 g/mol. The van der Waals surface area contributed by atoms with E-state index in [2.05, 4.69) is 24.2 Å². The topological polar surface area (TPSA) is 88.2 Å². The molecule has 2 heterocycles. The highest BCUT2D eigenvalue weighted by atomic mass is 32.2. The average Bonchev–Trinajstić information content (AvgIpc) is 3.63. The van der Waals surface area contributed by atoms with Crippen molar-refractivity contribution in [2.75, 3.05) is 39.9 Å². The summed E-state index contributed by atoms with van der Waals surface area (Å²) in [6, 6.07) is 5.74. The van der Waals surface area contributed by atoms with Gasteiger partial charge in [-0.3, -0.25) is 9.69 Å². The van der Waals surface area contributed by atoms with E-state index in [1.54, 1.807) is 18.2 Å². The van der Waals surface area contributed by atoms with Crippen LogP contribution in [0.5, 0.6) is 11.5 Å². The van der Waals surface area contributed by atoms with Gasteiger partial charge in [0.15, 0.2) is 11.5 Å². The van der Waals surface area contributed by atoms with Crippen LogP contribution in [-0.4, -0.2) is 75.5 Å². The number of hydrogen-bond acceptors (Lipinski definition) is 6. The Bertz CT molecular complexity index is 894. The van der Waals surface area contributed by atoms with E-state index < -0.39 is 10.0 Å². The number of nitrogens with one attached hydrogen (secondary N) is 1. The lowest BCUT2D eigenvalue weighted by atomic mass is 9.97. The first-order chi connectivity index (χ1) is 14.9. The molecule has 0 radical (unpaired) electrons. The standard InChI is InChI=1S/C22H33N3O5S/c1-16(24(2)18-4-5-18)15-23-22(26)17-8-10-25(11-9-17)31(27,28)19-6-7-20-21(14-19)30-13-3-12-29-20/h6-7,14,16-18H,3-5,8-13,15H2,1-2H3,(H,23,26). The highest BCUT2D eigenvalue weighted by Crippen LogP contribution is 2.34. The van der Waals surface area contributed by atoms with Gasteiger partial charge in [-0.15, -0.1) is 0 Å². The van der Waals surface area contributed by atoms with Crippen molar-refractivity contribution in [3.63, 3.8) is 0 Å². The summed E-state index contributed by atoms with van der Waals surface area (Å²) in [5.74, 6) is 0.934. The molecule has 8 nitrogen and oxygen atoms in total. The Kier molecular flexibility index (Phi) is 6.74. The van der Waals surface area contributed by atoms with Crippen LogP contribution >= 0.6 is 0 Å². The Hall–Kier alpha value is -1.84. The van der Waals surface area contributed by atoms with E-state index >= 15 is 0 Å². The number of rotatable bonds is 7. The van der Waals surface area contributed by atoms with Crippen LogP contribution in [-0.2, 0) is 14.8 Å². The third kappa shape index (κ3) is 5.15. The van der Waals surface area contributed by atoms with Crippen LogP contribution in [0.3, 0.4) is 0 Å². The number of amides is 1. The lowest BCUT2D eigenvalue weighted by Crippen LogP contribution is -2.46. The minimum Gasteiger partial charge on any atom is -0.490 e. The first kappa shape index (κ1) is 22.4. The minimum absolute atomic E-state index is 0.0312. The van der Waals surface area contributed by atoms with Crippen molar-refractivity contribution in [2.24, 2.45) is 5.92 Å². The molecule has 1 aromatic carbocycles. The lowest BCUT2D eigenvalue weighted by Gasteiger charge is -2.31. The highest BCUT2D eigenvalue weighted by molar-refractivity contribution is 7.89. The Labute approximate surface area is 184 Å². The molecule has 1 unspecified atom stereocenters. The molecule has 3 aliphatic rings. The lowest BCUT2D eigenvalue weighted by molar-refractivity contribution is -0.126. The molecule has 0 bridgehead atoms. The summed E-state index contributed by atoms with van der Waals surface area (Å²) in [4.78, 5) is 15.1. The number of fused-ring (bicyclic) bond motifs is 1. The normalized spacial score (nSPS) is 21.5. The van der Waals surface area contributed by atoms with Gasteiger partial charge in [-0.2, -0.15) is 4.31 Å². The van der Waals surface area contributed by atoms with Crippen LogP contribution in [0.4, 0.5) is 0 Å². The van der Waals surface area contributed by atoms with Crippen LogP contribution in [0.1, 0.15) is 39.0 Å². The van der Waals surface area contributed by atoms with E-state index in [9.17, 15) is 13.2 Å². The average molecular weight is 452 g/mol. The van der Waals surface area contributed by atoms with Crippen molar-refractivity contribution in [2.45, 2.75) is 56.0 Å². The van der Waals surface area contributed by atoms with E-state index in [1.807, 2.05) is 0 Å². The van der Waals surface area contributed by atoms with Gasteiger partial charge in [0, 0.05) is 50.1 Å². The molecule has 1 saturated carbocycles. The summed E-state index contributed by atoms with van der Waals surface area (Å²) >= 11 is 0. The molecule has 1 saturated heterocycles. The van der Waals surface area contributed by atoms with Crippen molar-refractivity contribution in [3.05, 3.63) is 18.2 Å². The number of hydrogen-bond donors (Lipinski definition) is 1. The maximum absolute atomic E-state index is 13.1. The number of nitrogens with zero attached hydrogens (tertiary/aromatic N) is 2. The second-order valence-electron chi connectivity index (χ2n) is 8.83. The number of ether oxygens (including phenoxy) is 2. The van der Waals surface area contributed by atoms with E-state index in [1.165, 1.54) is 17.1 Å². The van der Waals surface area contributed by atoms with E-state index in [4.69, 9.17) is 9.47 Å². The molecule has 0 spiro atoms. The van der Waals surface area contributed by atoms with Crippen molar-refractivity contribution in [3.8, 4) is 11.5 Å². The summed E-state index contributed by atoms with van der Waals surface area (Å²) < 4.78 is 38.9. The third-order valence-corrected chi connectivity index (χ3v) is 8.47.